The van der Waals surface area contributed by atoms with Gasteiger partial charge >= 0.3 is 0 Å². The highest BCUT2D eigenvalue weighted by Crippen LogP contribution is 2.19. The highest BCUT2D eigenvalue weighted by molar-refractivity contribution is 5.78. The number of hydrogen-bond donors (Lipinski definition) is 2. The Balaban J connectivity index is 2.73. The fourth-order valence-corrected chi connectivity index (χ4v) is 1.37. The van der Waals surface area contributed by atoms with Gasteiger partial charge in [0, 0.05) is 6.04 Å². The van der Waals surface area contributed by atoms with E-state index in [2.05, 4.69) is 9.97 Å². The molecule has 12 heavy (non-hydrogen) atoms. The van der Waals surface area contributed by atoms with E-state index in [0.717, 1.165) is 16.6 Å². The second-order valence-corrected chi connectivity index (χ2v) is 2.93. The van der Waals surface area contributed by atoms with Crippen LogP contribution in [0.1, 0.15) is 18.5 Å². The van der Waals surface area contributed by atoms with Crippen LogP contribution < -0.4 is 5.73 Å². The standard InChI is InChI=1S/C9H11N3/c1-6(10)7-3-2-4-8-9(7)12-5-11-8/h2-6H,10H2,1H3,(H,11,12). The molecular formula is C9H11N3. The molecule has 1 unspecified atom stereocenters. The van der Waals surface area contributed by atoms with Crippen molar-refractivity contribution in [1.82, 2.24) is 9.97 Å². The van der Waals surface area contributed by atoms with E-state index < -0.39 is 0 Å². The Morgan fingerprint density at radius 3 is 3.08 bits per heavy atom. The number of imidazole rings is 1. The Labute approximate surface area is 70.6 Å². The number of rotatable bonds is 1. The molecule has 62 valence electrons. The predicted octanol–water partition coefficient (Wildman–Crippen LogP) is 1.58. The minimum absolute atomic E-state index is 0.0501. The number of nitrogens with zero attached hydrogens (tertiary/aromatic N) is 1. The average Bonchev–Trinajstić information content (AvgIpc) is 2.49. The number of nitrogens with one attached hydrogen (secondary N) is 1. The number of aromatic amines is 1. The number of fused-ring (bicyclic) bond motifs is 1. The van der Waals surface area contributed by atoms with Crippen LogP contribution in [0.2, 0.25) is 0 Å². The molecule has 0 fully saturated rings. The van der Waals surface area contributed by atoms with Crippen molar-refractivity contribution in [3.05, 3.63) is 30.1 Å². The zero-order valence-electron chi connectivity index (χ0n) is 6.91. The minimum atomic E-state index is 0.0501. The molecule has 3 N–H and O–H groups in total. The maximum absolute atomic E-state index is 5.79. The maximum atomic E-state index is 5.79. The second kappa shape index (κ2) is 2.60. The van der Waals surface area contributed by atoms with E-state index in [9.17, 15) is 0 Å². The SMILES string of the molecule is CC(N)c1cccc2nc[nH]c12. The van der Waals surface area contributed by atoms with Gasteiger partial charge in [-0.25, -0.2) is 4.98 Å². The Morgan fingerprint density at radius 2 is 2.33 bits per heavy atom. The lowest BCUT2D eigenvalue weighted by atomic mass is 10.1. The average molecular weight is 161 g/mol. The zero-order chi connectivity index (χ0) is 8.55. The summed E-state index contributed by atoms with van der Waals surface area (Å²) in [5.41, 5.74) is 8.93. The normalized spacial score (nSPS) is 13.5. The zero-order valence-corrected chi connectivity index (χ0v) is 6.91. The number of H-pyrrole nitrogens is 1. The van der Waals surface area contributed by atoms with Crippen LogP contribution >= 0.6 is 0 Å². The smallest absolute Gasteiger partial charge is 0.0931 e. The summed E-state index contributed by atoms with van der Waals surface area (Å²) in [7, 11) is 0. The van der Waals surface area contributed by atoms with E-state index in [4.69, 9.17) is 5.73 Å². The third kappa shape index (κ3) is 0.987. The van der Waals surface area contributed by atoms with Crippen molar-refractivity contribution in [1.29, 1.82) is 0 Å². The number of hydrogen-bond acceptors (Lipinski definition) is 2. The monoisotopic (exact) mass is 161 g/mol. The first-order valence-electron chi connectivity index (χ1n) is 3.96. The van der Waals surface area contributed by atoms with Crippen LogP contribution in [-0.4, -0.2) is 9.97 Å². The summed E-state index contributed by atoms with van der Waals surface area (Å²) in [6.07, 6.45) is 1.69. The highest BCUT2D eigenvalue weighted by atomic mass is 14.9. The van der Waals surface area contributed by atoms with Crippen molar-refractivity contribution in [3.63, 3.8) is 0 Å². The topological polar surface area (TPSA) is 54.7 Å². The Hall–Kier alpha value is -1.35. The fraction of sp³-hybridized carbons (Fsp3) is 0.222. The number of nitrogens with two attached hydrogens (primary N) is 1. The molecule has 0 amide bonds. The van der Waals surface area contributed by atoms with Gasteiger partial charge in [-0.05, 0) is 18.6 Å². The third-order valence-electron chi connectivity index (χ3n) is 1.98. The largest absolute Gasteiger partial charge is 0.344 e. The molecule has 3 heteroatoms. The van der Waals surface area contributed by atoms with E-state index in [1.807, 2.05) is 25.1 Å². The second-order valence-electron chi connectivity index (χ2n) is 2.93. The summed E-state index contributed by atoms with van der Waals surface area (Å²) in [6.45, 7) is 1.97. The first-order chi connectivity index (χ1) is 5.79. The molecule has 0 saturated heterocycles. The summed E-state index contributed by atoms with van der Waals surface area (Å²) in [5.74, 6) is 0. The third-order valence-corrected chi connectivity index (χ3v) is 1.98. The van der Waals surface area contributed by atoms with Crippen molar-refractivity contribution in [2.45, 2.75) is 13.0 Å². The summed E-state index contributed by atoms with van der Waals surface area (Å²) in [5, 5.41) is 0. The molecule has 1 aromatic carbocycles. The molecule has 0 aliphatic heterocycles. The van der Waals surface area contributed by atoms with Crippen molar-refractivity contribution in [2.24, 2.45) is 5.73 Å². The predicted molar refractivity (Wildman–Crippen MR) is 48.7 cm³/mol. The van der Waals surface area contributed by atoms with Crippen LogP contribution in [0, 0.1) is 0 Å². The van der Waals surface area contributed by atoms with E-state index >= 15 is 0 Å². The summed E-state index contributed by atoms with van der Waals surface area (Å²) in [6, 6.07) is 6.01. The van der Waals surface area contributed by atoms with Gasteiger partial charge in [0.25, 0.3) is 0 Å². The molecule has 2 rings (SSSR count). The lowest BCUT2D eigenvalue weighted by Gasteiger charge is -2.05. The lowest BCUT2D eigenvalue weighted by molar-refractivity contribution is 0.824. The van der Waals surface area contributed by atoms with E-state index in [1.54, 1.807) is 6.33 Å². The lowest BCUT2D eigenvalue weighted by Crippen LogP contribution is -2.05. The molecule has 0 aliphatic carbocycles. The van der Waals surface area contributed by atoms with E-state index in [1.165, 1.54) is 0 Å². The molecule has 1 heterocycles. The first kappa shape index (κ1) is 7.31. The molecule has 1 aromatic heterocycles. The first-order valence-corrected chi connectivity index (χ1v) is 3.96. The quantitative estimate of drug-likeness (QED) is 0.667. The minimum Gasteiger partial charge on any atom is -0.344 e. The van der Waals surface area contributed by atoms with Gasteiger partial charge in [0.2, 0.25) is 0 Å². The van der Waals surface area contributed by atoms with Gasteiger partial charge in [0.1, 0.15) is 0 Å². The van der Waals surface area contributed by atoms with Gasteiger partial charge in [-0.2, -0.15) is 0 Å². The van der Waals surface area contributed by atoms with Crippen LogP contribution in [0.25, 0.3) is 11.0 Å². The molecule has 3 nitrogen and oxygen atoms in total. The van der Waals surface area contributed by atoms with Gasteiger partial charge in [-0.3, -0.25) is 0 Å². The molecule has 0 radical (unpaired) electrons. The van der Waals surface area contributed by atoms with Crippen molar-refractivity contribution in [2.75, 3.05) is 0 Å². The van der Waals surface area contributed by atoms with Crippen LogP contribution in [-0.2, 0) is 0 Å². The van der Waals surface area contributed by atoms with Gasteiger partial charge in [0.15, 0.2) is 0 Å². The fourth-order valence-electron chi connectivity index (χ4n) is 1.37. The van der Waals surface area contributed by atoms with Gasteiger partial charge in [-0.1, -0.05) is 12.1 Å². The molecule has 1 atom stereocenters. The summed E-state index contributed by atoms with van der Waals surface area (Å²) < 4.78 is 0. The number of benzene rings is 1. The highest BCUT2D eigenvalue weighted by Gasteiger charge is 2.05. The molecule has 0 bridgehead atoms. The summed E-state index contributed by atoms with van der Waals surface area (Å²) in [4.78, 5) is 7.23. The Bertz CT molecular complexity index is 389. The van der Waals surface area contributed by atoms with Crippen LogP contribution in [0.3, 0.4) is 0 Å². The molecule has 0 aliphatic rings. The van der Waals surface area contributed by atoms with Crippen molar-refractivity contribution >= 4 is 11.0 Å². The summed E-state index contributed by atoms with van der Waals surface area (Å²) >= 11 is 0. The molecular weight excluding hydrogens is 150 g/mol. The van der Waals surface area contributed by atoms with E-state index in [-0.39, 0.29) is 6.04 Å². The van der Waals surface area contributed by atoms with Crippen molar-refractivity contribution in [3.8, 4) is 0 Å². The van der Waals surface area contributed by atoms with Gasteiger partial charge < -0.3 is 10.7 Å². The van der Waals surface area contributed by atoms with Gasteiger partial charge in [0.05, 0.1) is 17.4 Å². The molecule has 2 aromatic rings. The van der Waals surface area contributed by atoms with Gasteiger partial charge in [-0.15, -0.1) is 0 Å². The number of aromatic nitrogens is 2. The van der Waals surface area contributed by atoms with Crippen LogP contribution in [0.15, 0.2) is 24.5 Å². The van der Waals surface area contributed by atoms with E-state index in [0.29, 0.717) is 0 Å². The maximum Gasteiger partial charge on any atom is 0.0931 e. The van der Waals surface area contributed by atoms with Crippen LogP contribution in [0.4, 0.5) is 0 Å². The molecule has 0 spiro atoms. The van der Waals surface area contributed by atoms with Crippen LogP contribution in [0.5, 0.6) is 0 Å². The Kier molecular flexibility index (Phi) is 1.59. The van der Waals surface area contributed by atoms with Crippen molar-refractivity contribution < 1.29 is 0 Å². The number of para-hydroxylation sites is 1. The Morgan fingerprint density at radius 1 is 1.50 bits per heavy atom. The molecule has 0 saturated carbocycles.